The Bertz CT molecular complexity index is 892. The molecule has 1 N–H and O–H groups in total. The maximum atomic E-state index is 13.9. The monoisotopic (exact) mass is 353 g/mol. The number of aromatic nitrogens is 3. The van der Waals surface area contributed by atoms with Gasteiger partial charge < -0.3 is 10.2 Å². The number of nitrogens with zero attached hydrogens (tertiary/aromatic N) is 4. The zero-order chi connectivity index (χ0) is 17.9. The summed E-state index contributed by atoms with van der Waals surface area (Å²) in [6.07, 6.45) is 0.929. The fraction of sp³-hybridized carbons (Fsp3) is 0.316. The molecule has 1 saturated heterocycles. The number of carbonyl (C=O) groups is 1. The topological polar surface area (TPSA) is 63.1 Å². The minimum atomic E-state index is -0.200. The number of para-hydroxylation sites is 1. The van der Waals surface area contributed by atoms with Gasteiger partial charge in [-0.15, -0.1) is 0 Å². The summed E-state index contributed by atoms with van der Waals surface area (Å²) in [5.41, 5.74) is 2.18. The van der Waals surface area contributed by atoms with Crippen LogP contribution in [0.1, 0.15) is 6.42 Å². The third-order valence-electron chi connectivity index (χ3n) is 4.68. The molecule has 4 rings (SSSR count). The summed E-state index contributed by atoms with van der Waals surface area (Å²) in [7, 11) is 0. The average Bonchev–Trinajstić information content (AvgIpc) is 3.26. The molecule has 1 atom stereocenters. The zero-order valence-electron chi connectivity index (χ0n) is 14.3. The van der Waals surface area contributed by atoms with Gasteiger partial charge in [-0.25, -0.2) is 4.39 Å². The van der Waals surface area contributed by atoms with Crippen LogP contribution < -0.4 is 10.2 Å². The first kappa shape index (κ1) is 16.5. The van der Waals surface area contributed by atoms with Crippen LogP contribution in [0.2, 0.25) is 0 Å². The zero-order valence-corrected chi connectivity index (χ0v) is 14.3. The van der Waals surface area contributed by atoms with Gasteiger partial charge in [0.2, 0.25) is 5.91 Å². The second-order valence-electron chi connectivity index (χ2n) is 6.58. The highest BCUT2D eigenvalue weighted by Crippen LogP contribution is 2.25. The van der Waals surface area contributed by atoms with Gasteiger partial charge in [0.15, 0.2) is 0 Å². The molecular formula is C19H20FN5O. The van der Waals surface area contributed by atoms with Crippen LogP contribution in [0.15, 0.2) is 48.5 Å². The summed E-state index contributed by atoms with van der Waals surface area (Å²) < 4.78 is 13.9. The predicted octanol–water partition coefficient (Wildman–Crippen LogP) is 2.21. The minimum Gasteiger partial charge on any atom is -0.369 e. The van der Waals surface area contributed by atoms with Gasteiger partial charge in [0.05, 0.1) is 5.69 Å². The van der Waals surface area contributed by atoms with E-state index in [1.807, 2.05) is 35.2 Å². The molecule has 3 aromatic rings. The number of halogens is 1. The number of anilines is 1. The number of carbonyl (C=O) groups excluding carboxylic acids is 1. The van der Waals surface area contributed by atoms with Crippen LogP contribution in [0.3, 0.4) is 0 Å². The molecule has 7 heteroatoms. The highest BCUT2D eigenvalue weighted by atomic mass is 19.1. The van der Waals surface area contributed by atoms with Gasteiger partial charge in [0.25, 0.3) is 0 Å². The summed E-state index contributed by atoms with van der Waals surface area (Å²) in [5, 5.41) is 11.5. The van der Waals surface area contributed by atoms with Crippen molar-refractivity contribution in [3.05, 3.63) is 54.3 Å². The molecule has 1 amide bonds. The first-order valence-electron chi connectivity index (χ1n) is 8.75. The fourth-order valence-corrected chi connectivity index (χ4v) is 3.34. The van der Waals surface area contributed by atoms with Crippen LogP contribution in [-0.4, -0.2) is 40.5 Å². The van der Waals surface area contributed by atoms with E-state index in [0.29, 0.717) is 18.2 Å². The molecule has 6 nitrogen and oxygen atoms in total. The Labute approximate surface area is 150 Å². The van der Waals surface area contributed by atoms with Crippen molar-refractivity contribution < 1.29 is 9.18 Å². The number of benzene rings is 2. The van der Waals surface area contributed by atoms with Gasteiger partial charge in [-0.05, 0) is 36.6 Å². The van der Waals surface area contributed by atoms with Gasteiger partial charge in [0, 0.05) is 19.6 Å². The van der Waals surface area contributed by atoms with Crippen molar-refractivity contribution in [2.24, 2.45) is 5.92 Å². The van der Waals surface area contributed by atoms with Crippen molar-refractivity contribution in [3.8, 4) is 0 Å². The second kappa shape index (κ2) is 7.11. The van der Waals surface area contributed by atoms with E-state index in [4.69, 9.17) is 0 Å². The molecule has 0 radical (unpaired) electrons. The lowest BCUT2D eigenvalue weighted by atomic mass is 10.1. The van der Waals surface area contributed by atoms with Gasteiger partial charge in [-0.3, -0.25) is 4.79 Å². The van der Waals surface area contributed by atoms with E-state index in [-0.39, 0.29) is 18.3 Å². The van der Waals surface area contributed by atoms with E-state index in [2.05, 4.69) is 15.5 Å². The van der Waals surface area contributed by atoms with Crippen molar-refractivity contribution in [1.82, 2.24) is 20.3 Å². The van der Waals surface area contributed by atoms with E-state index in [9.17, 15) is 9.18 Å². The molecule has 134 valence electrons. The lowest BCUT2D eigenvalue weighted by Gasteiger charge is -2.19. The minimum absolute atomic E-state index is 0.0957. The van der Waals surface area contributed by atoms with Crippen LogP contribution >= 0.6 is 0 Å². The second-order valence-corrected chi connectivity index (χ2v) is 6.58. The highest BCUT2D eigenvalue weighted by Gasteiger charge is 2.24. The molecule has 2 aromatic carbocycles. The Morgan fingerprint density at radius 3 is 2.54 bits per heavy atom. The molecule has 1 unspecified atom stereocenters. The van der Waals surface area contributed by atoms with Crippen molar-refractivity contribution in [3.63, 3.8) is 0 Å². The molecular weight excluding hydrogens is 333 g/mol. The summed E-state index contributed by atoms with van der Waals surface area (Å²) in [5.74, 6) is -0.00753. The number of fused-ring (bicyclic) bond motifs is 1. The van der Waals surface area contributed by atoms with E-state index < -0.39 is 0 Å². The molecule has 1 aliphatic heterocycles. The van der Waals surface area contributed by atoms with Crippen LogP contribution in [0, 0.1) is 11.7 Å². The normalized spacial score (nSPS) is 17.0. The highest BCUT2D eigenvalue weighted by molar-refractivity contribution is 5.77. The number of nitrogens with one attached hydrogen (secondary N) is 1. The number of hydrogen-bond acceptors (Lipinski definition) is 4. The van der Waals surface area contributed by atoms with Crippen LogP contribution in [0.5, 0.6) is 0 Å². The molecule has 1 aliphatic rings. The standard InChI is InChI=1S/C19H20FN5O/c20-15-5-1-4-8-18(15)24-10-9-14(12-24)11-21-19(26)13-25-22-16-6-2-3-7-17(16)23-25/h1-8,14H,9-13H2,(H,21,26). The van der Waals surface area contributed by atoms with Crippen LogP contribution in [0.25, 0.3) is 11.0 Å². The molecule has 26 heavy (non-hydrogen) atoms. The molecule has 1 aromatic heterocycles. The quantitative estimate of drug-likeness (QED) is 0.764. The van der Waals surface area contributed by atoms with Crippen LogP contribution in [-0.2, 0) is 11.3 Å². The Kier molecular flexibility index (Phi) is 4.51. The smallest absolute Gasteiger partial charge is 0.243 e. The maximum absolute atomic E-state index is 13.9. The van der Waals surface area contributed by atoms with Crippen molar-refractivity contribution >= 4 is 22.6 Å². The Balaban J connectivity index is 1.29. The summed E-state index contributed by atoms with van der Waals surface area (Å²) >= 11 is 0. The first-order chi connectivity index (χ1) is 12.7. The molecule has 0 aliphatic carbocycles. The lowest BCUT2D eigenvalue weighted by molar-refractivity contribution is -0.122. The predicted molar refractivity (Wildman–Crippen MR) is 97.3 cm³/mol. The van der Waals surface area contributed by atoms with Gasteiger partial charge in [-0.1, -0.05) is 24.3 Å². The number of amides is 1. The lowest BCUT2D eigenvalue weighted by Crippen LogP contribution is -2.33. The van der Waals surface area contributed by atoms with Crippen molar-refractivity contribution in [1.29, 1.82) is 0 Å². The number of rotatable bonds is 5. The Morgan fingerprint density at radius 2 is 1.81 bits per heavy atom. The average molecular weight is 353 g/mol. The molecule has 0 spiro atoms. The summed E-state index contributed by atoms with van der Waals surface area (Å²) in [6, 6.07) is 14.3. The van der Waals surface area contributed by atoms with Crippen molar-refractivity contribution in [2.75, 3.05) is 24.5 Å². The first-order valence-corrected chi connectivity index (χ1v) is 8.75. The third kappa shape index (κ3) is 3.51. The van der Waals surface area contributed by atoms with Crippen molar-refractivity contribution in [2.45, 2.75) is 13.0 Å². The maximum Gasteiger partial charge on any atom is 0.243 e. The van der Waals surface area contributed by atoms with E-state index in [0.717, 1.165) is 30.5 Å². The molecule has 0 bridgehead atoms. The van der Waals surface area contributed by atoms with Gasteiger partial charge in [-0.2, -0.15) is 15.0 Å². The largest absolute Gasteiger partial charge is 0.369 e. The van der Waals surface area contributed by atoms with E-state index in [1.165, 1.54) is 10.9 Å². The summed E-state index contributed by atoms with van der Waals surface area (Å²) in [6.45, 7) is 2.21. The van der Waals surface area contributed by atoms with Gasteiger partial charge in [0.1, 0.15) is 23.4 Å². The molecule has 1 fully saturated rings. The van der Waals surface area contributed by atoms with Gasteiger partial charge >= 0.3 is 0 Å². The van der Waals surface area contributed by atoms with E-state index in [1.54, 1.807) is 12.1 Å². The Hall–Kier alpha value is -2.96. The molecule has 0 saturated carbocycles. The number of hydrogen-bond donors (Lipinski definition) is 1. The summed E-state index contributed by atoms with van der Waals surface area (Å²) in [4.78, 5) is 15.6. The molecule has 2 heterocycles. The van der Waals surface area contributed by atoms with E-state index >= 15 is 0 Å². The SMILES string of the molecule is O=C(Cn1nc2ccccc2n1)NCC1CCN(c2ccccc2F)C1. The van der Waals surface area contributed by atoms with Crippen LogP contribution in [0.4, 0.5) is 10.1 Å². The Morgan fingerprint density at radius 1 is 1.12 bits per heavy atom. The fourth-order valence-electron chi connectivity index (χ4n) is 3.34. The third-order valence-corrected chi connectivity index (χ3v) is 4.68.